The van der Waals surface area contributed by atoms with Gasteiger partial charge in [-0.15, -0.1) is 24.0 Å². The molecule has 29 heavy (non-hydrogen) atoms. The molecule has 0 unspecified atom stereocenters. The average Bonchev–Trinajstić information content (AvgIpc) is 3.14. The highest BCUT2D eigenvalue weighted by Crippen LogP contribution is 2.38. The zero-order valence-corrected chi connectivity index (χ0v) is 21.1. The molecule has 0 saturated heterocycles. The average molecular weight is 539 g/mol. The highest BCUT2D eigenvalue weighted by atomic mass is 127. The van der Waals surface area contributed by atoms with Crippen LogP contribution < -0.4 is 10.6 Å². The van der Waals surface area contributed by atoms with E-state index in [4.69, 9.17) is 0 Å². The molecule has 5 nitrogen and oxygen atoms in total. The van der Waals surface area contributed by atoms with Crippen LogP contribution in [0.5, 0.6) is 0 Å². The maximum Gasteiger partial charge on any atom is 0.191 e. The SMILES string of the molecule is CCNC(=NCc1cc(F)ccc1CS(C)(=O)=O)NCC(C)(C)C1CCCC1.I. The van der Waals surface area contributed by atoms with E-state index in [0.29, 0.717) is 23.0 Å². The molecule has 8 heteroatoms. The molecule has 1 aliphatic carbocycles. The van der Waals surface area contributed by atoms with Crippen LogP contribution in [-0.2, 0) is 22.1 Å². The molecule has 1 aromatic rings. The Morgan fingerprint density at radius 2 is 1.86 bits per heavy atom. The lowest BCUT2D eigenvalue weighted by atomic mass is 9.78. The summed E-state index contributed by atoms with van der Waals surface area (Å²) in [6, 6.07) is 4.20. The summed E-state index contributed by atoms with van der Waals surface area (Å²) in [7, 11) is -3.20. The highest BCUT2D eigenvalue weighted by Gasteiger charge is 2.31. The Balaban J connectivity index is 0.00000420. The van der Waals surface area contributed by atoms with E-state index >= 15 is 0 Å². The third kappa shape index (κ3) is 8.78. The smallest absolute Gasteiger partial charge is 0.191 e. The number of nitrogens with zero attached hydrogens (tertiary/aromatic N) is 1. The fourth-order valence-electron chi connectivity index (χ4n) is 3.83. The Morgan fingerprint density at radius 1 is 1.21 bits per heavy atom. The van der Waals surface area contributed by atoms with Crippen LogP contribution >= 0.6 is 24.0 Å². The second-order valence-electron chi connectivity index (χ2n) is 8.50. The quantitative estimate of drug-likeness (QED) is 0.294. The van der Waals surface area contributed by atoms with Gasteiger partial charge in [-0.05, 0) is 54.4 Å². The van der Waals surface area contributed by atoms with Crippen LogP contribution in [0.25, 0.3) is 0 Å². The number of halogens is 2. The minimum atomic E-state index is -3.20. The standard InChI is InChI=1S/C21H34FN3O2S.HI/c1-5-23-20(25-15-21(2,3)18-8-6-7-9-18)24-13-17-12-19(22)11-10-16(17)14-28(4,26)27;/h10-12,18H,5-9,13-15H2,1-4H3,(H2,23,24,25);1H. The minimum absolute atomic E-state index is 0. The van der Waals surface area contributed by atoms with Gasteiger partial charge in [-0.1, -0.05) is 32.8 Å². The number of guanidine groups is 1. The van der Waals surface area contributed by atoms with E-state index in [0.717, 1.165) is 13.1 Å². The molecule has 0 atom stereocenters. The summed E-state index contributed by atoms with van der Waals surface area (Å²) < 4.78 is 37.0. The monoisotopic (exact) mass is 539 g/mol. The molecule has 1 aromatic carbocycles. The molecule has 2 rings (SSSR count). The van der Waals surface area contributed by atoms with Crippen LogP contribution in [0.4, 0.5) is 4.39 Å². The maximum atomic E-state index is 13.7. The molecule has 0 aromatic heterocycles. The van der Waals surface area contributed by atoms with Crippen LogP contribution in [0.2, 0.25) is 0 Å². The minimum Gasteiger partial charge on any atom is -0.357 e. The number of rotatable bonds is 8. The molecule has 166 valence electrons. The van der Waals surface area contributed by atoms with Gasteiger partial charge in [0.1, 0.15) is 5.82 Å². The molecule has 1 saturated carbocycles. The summed E-state index contributed by atoms with van der Waals surface area (Å²) in [4.78, 5) is 4.58. The molecule has 2 N–H and O–H groups in total. The Bertz CT molecular complexity index is 791. The van der Waals surface area contributed by atoms with E-state index < -0.39 is 9.84 Å². The lowest BCUT2D eigenvalue weighted by Crippen LogP contribution is -2.44. The van der Waals surface area contributed by atoms with Crippen molar-refractivity contribution in [3.8, 4) is 0 Å². The van der Waals surface area contributed by atoms with Crippen LogP contribution in [-0.4, -0.2) is 33.7 Å². The third-order valence-electron chi connectivity index (χ3n) is 5.51. The number of nitrogens with one attached hydrogen (secondary N) is 2. The van der Waals surface area contributed by atoms with Crippen molar-refractivity contribution in [2.45, 2.75) is 58.8 Å². The Labute approximate surface area is 192 Å². The van der Waals surface area contributed by atoms with Crippen molar-refractivity contribution in [2.75, 3.05) is 19.3 Å². The van der Waals surface area contributed by atoms with Crippen molar-refractivity contribution in [1.82, 2.24) is 10.6 Å². The van der Waals surface area contributed by atoms with Gasteiger partial charge in [-0.2, -0.15) is 0 Å². The predicted octanol–water partition coefficient (Wildman–Crippen LogP) is 4.26. The number of aliphatic imine (C=N–C) groups is 1. The Kier molecular flexibility index (Phi) is 10.3. The van der Waals surface area contributed by atoms with Gasteiger partial charge in [0.2, 0.25) is 0 Å². The van der Waals surface area contributed by atoms with Gasteiger partial charge in [0.15, 0.2) is 15.8 Å². The first-order chi connectivity index (χ1) is 13.1. The first-order valence-corrected chi connectivity index (χ1v) is 12.1. The number of benzene rings is 1. The van der Waals surface area contributed by atoms with Crippen molar-refractivity contribution < 1.29 is 12.8 Å². The van der Waals surface area contributed by atoms with Crippen LogP contribution in [0.3, 0.4) is 0 Å². The van der Waals surface area contributed by atoms with Gasteiger partial charge in [0, 0.05) is 19.3 Å². The first-order valence-electron chi connectivity index (χ1n) is 10.1. The summed E-state index contributed by atoms with van der Waals surface area (Å²) >= 11 is 0. The van der Waals surface area contributed by atoms with Crippen molar-refractivity contribution in [3.63, 3.8) is 0 Å². The van der Waals surface area contributed by atoms with E-state index in [-0.39, 0.29) is 47.5 Å². The molecule has 0 heterocycles. The van der Waals surface area contributed by atoms with Gasteiger partial charge in [-0.25, -0.2) is 17.8 Å². The first kappa shape index (κ1) is 26.1. The molecule has 0 aliphatic heterocycles. The van der Waals surface area contributed by atoms with Gasteiger partial charge < -0.3 is 10.6 Å². The lowest BCUT2D eigenvalue weighted by molar-refractivity contribution is 0.218. The molecular weight excluding hydrogens is 504 g/mol. The molecule has 0 radical (unpaired) electrons. The number of sulfone groups is 1. The van der Waals surface area contributed by atoms with Crippen LogP contribution in [0.15, 0.2) is 23.2 Å². The largest absolute Gasteiger partial charge is 0.357 e. The molecule has 1 aliphatic rings. The summed E-state index contributed by atoms with van der Waals surface area (Å²) in [5, 5.41) is 6.64. The van der Waals surface area contributed by atoms with Gasteiger partial charge in [-0.3, -0.25) is 0 Å². The van der Waals surface area contributed by atoms with Gasteiger partial charge in [0.05, 0.1) is 12.3 Å². The second kappa shape index (κ2) is 11.5. The number of hydrogen-bond acceptors (Lipinski definition) is 3. The van der Waals surface area contributed by atoms with Crippen LogP contribution in [0, 0.1) is 17.2 Å². The topological polar surface area (TPSA) is 70.6 Å². The summed E-state index contributed by atoms with van der Waals surface area (Å²) in [5.74, 6) is 0.884. The normalized spacial score (nSPS) is 15.8. The molecular formula is C21H35FIN3O2S. The van der Waals surface area contributed by atoms with E-state index in [9.17, 15) is 12.8 Å². The highest BCUT2D eigenvalue weighted by molar-refractivity contribution is 14.0. The van der Waals surface area contributed by atoms with Gasteiger partial charge in [0.25, 0.3) is 0 Å². The number of hydrogen-bond donors (Lipinski definition) is 2. The maximum absolute atomic E-state index is 13.7. The van der Waals surface area contributed by atoms with Gasteiger partial charge >= 0.3 is 0 Å². The fourth-order valence-corrected chi connectivity index (χ4v) is 4.68. The molecule has 0 amide bonds. The third-order valence-corrected chi connectivity index (χ3v) is 6.34. The summed E-state index contributed by atoms with van der Waals surface area (Å²) in [6.45, 7) is 8.32. The van der Waals surface area contributed by atoms with E-state index in [1.165, 1.54) is 50.1 Å². The van der Waals surface area contributed by atoms with Crippen molar-refractivity contribution in [2.24, 2.45) is 16.3 Å². The summed E-state index contributed by atoms with van der Waals surface area (Å²) in [6.07, 6.45) is 6.36. The summed E-state index contributed by atoms with van der Waals surface area (Å²) in [5.41, 5.74) is 1.36. The predicted molar refractivity (Wildman–Crippen MR) is 129 cm³/mol. The zero-order chi connectivity index (χ0) is 20.8. The van der Waals surface area contributed by atoms with E-state index in [1.807, 2.05) is 6.92 Å². The van der Waals surface area contributed by atoms with Crippen LogP contribution in [0.1, 0.15) is 57.6 Å². The lowest BCUT2D eigenvalue weighted by Gasteiger charge is -2.32. The fraction of sp³-hybridized carbons (Fsp3) is 0.667. The van der Waals surface area contributed by atoms with Crippen molar-refractivity contribution in [3.05, 3.63) is 35.1 Å². The van der Waals surface area contributed by atoms with E-state index in [2.05, 4.69) is 29.5 Å². The Hall–Kier alpha value is -0.900. The molecule has 0 spiro atoms. The zero-order valence-electron chi connectivity index (χ0n) is 17.9. The molecule has 0 bridgehead atoms. The van der Waals surface area contributed by atoms with Crippen molar-refractivity contribution >= 4 is 39.8 Å². The Morgan fingerprint density at radius 3 is 2.45 bits per heavy atom. The molecule has 1 fully saturated rings. The second-order valence-corrected chi connectivity index (χ2v) is 10.6. The van der Waals surface area contributed by atoms with E-state index in [1.54, 1.807) is 0 Å². The van der Waals surface area contributed by atoms with Crippen molar-refractivity contribution in [1.29, 1.82) is 0 Å².